The second-order valence-electron chi connectivity index (χ2n) is 7.92. The normalized spacial score (nSPS) is 19.0. The number of carbonyl (C=O) groups is 2. The van der Waals surface area contributed by atoms with Crippen LogP contribution in [0.15, 0.2) is 12.1 Å². The van der Waals surface area contributed by atoms with Gasteiger partial charge in [-0.3, -0.25) is 14.6 Å². The topological polar surface area (TPSA) is 123 Å². The van der Waals surface area contributed by atoms with Gasteiger partial charge in [0, 0.05) is 37.9 Å². The summed E-state index contributed by atoms with van der Waals surface area (Å²) in [7, 11) is 3.30. The maximum Gasteiger partial charge on any atom is 0.407 e. The first-order valence-corrected chi connectivity index (χ1v) is 10.2. The fourth-order valence-corrected chi connectivity index (χ4v) is 3.66. The molecule has 0 saturated heterocycles. The Bertz CT molecular complexity index is 867. The second-order valence-corrected chi connectivity index (χ2v) is 7.92. The Labute approximate surface area is 175 Å². The average molecular weight is 418 g/mol. The number of methoxy groups -OCH3 is 1. The molecule has 10 heteroatoms. The van der Waals surface area contributed by atoms with Crippen LogP contribution in [-0.4, -0.2) is 51.2 Å². The van der Waals surface area contributed by atoms with E-state index in [1.54, 1.807) is 20.2 Å². The van der Waals surface area contributed by atoms with E-state index < -0.39 is 0 Å². The van der Waals surface area contributed by atoms with Gasteiger partial charge in [0.1, 0.15) is 11.8 Å². The Kier molecular flexibility index (Phi) is 7.09. The molecule has 2 aromatic rings. The minimum Gasteiger partial charge on any atom is -0.446 e. The van der Waals surface area contributed by atoms with Gasteiger partial charge in [-0.2, -0.15) is 10.2 Å². The number of carbonyl (C=O) groups excluding carboxylic acids is 2. The Morgan fingerprint density at radius 1 is 1.27 bits per heavy atom. The standard InChI is InChI=1S/C20H30N6O4/c1-12(2)21-20(28)30-15-7-5-13(6-8-15)16-10-18(24-23-16)22-19(27)17-9-14(11-29-4)25-26(17)3/h9-10,12-13,15H,5-8,11H2,1-4H3,(H,21,28)(H2,22,23,24,27). The largest absolute Gasteiger partial charge is 0.446 e. The number of anilines is 1. The van der Waals surface area contributed by atoms with E-state index in [1.807, 2.05) is 19.9 Å². The molecule has 2 aromatic heterocycles. The minimum absolute atomic E-state index is 0.0605. The summed E-state index contributed by atoms with van der Waals surface area (Å²) >= 11 is 0. The molecule has 3 N–H and O–H groups in total. The smallest absolute Gasteiger partial charge is 0.407 e. The molecule has 0 unspecified atom stereocenters. The van der Waals surface area contributed by atoms with E-state index in [0.717, 1.165) is 31.4 Å². The molecular formula is C20H30N6O4. The van der Waals surface area contributed by atoms with Crippen molar-refractivity contribution in [3.8, 4) is 0 Å². The van der Waals surface area contributed by atoms with E-state index in [0.29, 0.717) is 29.7 Å². The van der Waals surface area contributed by atoms with Crippen molar-refractivity contribution in [3.05, 3.63) is 29.2 Å². The highest BCUT2D eigenvalue weighted by Crippen LogP contribution is 2.34. The summed E-state index contributed by atoms with van der Waals surface area (Å²) in [6.07, 6.45) is 2.95. The molecule has 1 aliphatic rings. The molecule has 2 amide bonds. The number of alkyl carbamates (subject to hydrolysis) is 1. The molecule has 3 rings (SSSR count). The summed E-state index contributed by atoms with van der Waals surface area (Å²) in [4.78, 5) is 24.3. The Morgan fingerprint density at radius 3 is 2.67 bits per heavy atom. The van der Waals surface area contributed by atoms with Crippen molar-refractivity contribution in [3.63, 3.8) is 0 Å². The summed E-state index contributed by atoms with van der Waals surface area (Å²) in [6, 6.07) is 3.62. The zero-order chi connectivity index (χ0) is 21.7. The number of nitrogens with zero attached hydrogens (tertiary/aromatic N) is 3. The molecular weight excluding hydrogens is 388 g/mol. The van der Waals surface area contributed by atoms with Crippen LogP contribution < -0.4 is 10.6 Å². The van der Waals surface area contributed by atoms with Crippen molar-refractivity contribution < 1.29 is 19.1 Å². The molecule has 164 valence electrons. The molecule has 10 nitrogen and oxygen atoms in total. The van der Waals surface area contributed by atoms with Crippen molar-refractivity contribution >= 4 is 17.8 Å². The number of rotatable bonds is 7. The van der Waals surface area contributed by atoms with Crippen LogP contribution in [-0.2, 0) is 23.1 Å². The van der Waals surface area contributed by atoms with Gasteiger partial charge in [-0.25, -0.2) is 4.79 Å². The SMILES string of the molecule is COCc1cc(C(=O)Nc2cc(C3CCC(OC(=O)NC(C)C)CC3)[nH]n2)n(C)n1. The lowest BCUT2D eigenvalue weighted by molar-refractivity contribution is 0.0697. The van der Waals surface area contributed by atoms with Crippen LogP contribution in [0.4, 0.5) is 10.6 Å². The van der Waals surface area contributed by atoms with Crippen LogP contribution in [0.1, 0.15) is 67.3 Å². The van der Waals surface area contributed by atoms with Crippen LogP contribution >= 0.6 is 0 Å². The lowest BCUT2D eigenvalue weighted by atomic mass is 9.85. The van der Waals surface area contributed by atoms with Gasteiger partial charge in [-0.15, -0.1) is 0 Å². The van der Waals surface area contributed by atoms with E-state index >= 15 is 0 Å². The first kappa shape index (κ1) is 21.8. The predicted octanol–water partition coefficient (Wildman–Crippen LogP) is 2.70. The van der Waals surface area contributed by atoms with Gasteiger partial charge in [0.25, 0.3) is 5.91 Å². The molecule has 30 heavy (non-hydrogen) atoms. The first-order valence-electron chi connectivity index (χ1n) is 10.2. The summed E-state index contributed by atoms with van der Waals surface area (Å²) < 4.78 is 12.0. The monoisotopic (exact) mass is 418 g/mol. The lowest BCUT2D eigenvalue weighted by Gasteiger charge is -2.27. The maximum absolute atomic E-state index is 12.5. The van der Waals surface area contributed by atoms with Crippen LogP contribution in [0.3, 0.4) is 0 Å². The molecule has 0 aromatic carbocycles. The third-order valence-electron chi connectivity index (χ3n) is 5.09. The third kappa shape index (κ3) is 5.59. The molecule has 0 bridgehead atoms. The molecule has 1 aliphatic carbocycles. The summed E-state index contributed by atoms with van der Waals surface area (Å²) in [5.41, 5.74) is 2.10. The highest BCUT2D eigenvalue weighted by atomic mass is 16.6. The Hall–Kier alpha value is -2.88. The van der Waals surface area contributed by atoms with Crippen LogP contribution in [0.2, 0.25) is 0 Å². The van der Waals surface area contributed by atoms with Crippen molar-refractivity contribution in [1.29, 1.82) is 0 Å². The third-order valence-corrected chi connectivity index (χ3v) is 5.09. The molecule has 0 spiro atoms. The number of aryl methyl sites for hydroxylation is 1. The van der Waals surface area contributed by atoms with Crippen LogP contribution in [0.25, 0.3) is 0 Å². The number of H-pyrrole nitrogens is 1. The van der Waals surface area contributed by atoms with E-state index in [1.165, 1.54) is 4.68 Å². The number of hydrogen-bond donors (Lipinski definition) is 3. The van der Waals surface area contributed by atoms with E-state index in [9.17, 15) is 9.59 Å². The van der Waals surface area contributed by atoms with Gasteiger partial charge in [-0.05, 0) is 45.6 Å². The zero-order valence-electron chi connectivity index (χ0n) is 17.9. The first-order chi connectivity index (χ1) is 14.4. The summed E-state index contributed by atoms with van der Waals surface area (Å²) in [6.45, 7) is 4.15. The summed E-state index contributed by atoms with van der Waals surface area (Å²) in [5.74, 6) is 0.485. The second kappa shape index (κ2) is 9.75. The number of nitrogens with one attached hydrogen (secondary N) is 3. The fourth-order valence-electron chi connectivity index (χ4n) is 3.66. The van der Waals surface area contributed by atoms with Crippen molar-refractivity contribution in [2.45, 2.75) is 64.2 Å². The number of aromatic amines is 1. The van der Waals surface area contributed by atoms with Crippen molar-refractivity contribution in [1.82, 2.24) is 25.3 Å². The van der Waals surface area contributed by atoms with E-state index in [4.69, 9.17) is 9.47 Å². The fraction of sp³-hybridized carbons (Fsp3) is 0.600. The van der Waals surface area contributed by atoms with Gasteiger partial charge in [-0.1, -0.05) is 0 Å². The number of amides is 2. The van der Waals surface area contributed by atoms with Crippen LogP contribution in [0, 0.1) is 0 Å². The lowest BCUT2D eigenvalue weighted by Crippen LogP contribution is -2.34. The van der Waals surface area contributed by atoms with Gasteiger partial charge >= 0.3 is 6.09 Å². The predicted molar refractivity (Wildman–Crippen MR) is 110 cm³/mol. The summed E-state index contributed by atoms with van der Waals surface area (Å²) in [5, 5.41) is 17.1. The van der Waals surface area contributed by atoms with Crippen molar-refractivity contribution in [2.75, 3.05) is 12.4 Å². The quantitative estimate of drug-likeness (QED) is 0.635. The molecule has 0 atom stereocenters. The number of aromatic nitrogens is 4. The average Bonchev–Trinajstić information content (AvgIpc) is 3.28. The highest BCUT2D eigenvalue weighted by Gasteiger charge is 2.26. The molecule has 0 aliphatic heterocycles. The van der Waals surface area contributed by atoms with E-state index in [2.05, 4.69) is 25.9 Å². The Morgan fingerprint density at radius 2 is 2.00 bits per heavy atom. The maximum atomic E-state index is 12.5. The minimum atomic E-state index is -0.358. The van der Waals surface area contributed by atoms with Gasteiger partial charge in [0.2, 0.25) is 0 Å². The van der Waals surface area contributed by atoms with E-state index in [-0.39, 0.29) is 24.1 Å². The molecule has 0 radical (unpaired) electrons. The van der Waals surface area contributed by atoms with Gasteiger partial charge in [0.15, 0.2) is 5.82 Å². The van der Waals surface area contributed by atoms with Crippen LogP contribution in [0.5, 0.6) is 0 Å². The molecule has 2 heterocycles. The zero-order valence-corrected chi connectivity index (χ0v) is 17.9. The number of ether oxygens (including phenoxy) is 2. The van der Waals surface area contributed by atoms with Gasteiger partial charge < -0.3 is 20.1 Å². The Balaban J connectivity index is 1.52. The van der Waals surface area contributed by atoms with Crippen molar-refractivity contribution in [2.24, 2.45) is 7.05 Å². The number of hydrogen-bond acceptors (Lipinski definition) is 6. The molecule has 1 saturated carbocycles. The highest BCUT2D eigenvalue weighted by molar-refractivity contribution is 6.02. The van der Waals surface area contributed by atoms with Gasteiger partial charge in [0.05, 0.1) is 12.3 Å². The molecule has 1 fully saturated rings.